The van der Waals surface area contributed by atoms with Gasteiger partial charge in [-0.3, -0.25) is 9.69 Å². The summed E-state index contributed by atoms with van der Waals surface area (Å²) < 4.78 is 40.3. The zero-order valence-corrected chi connectivity index (χ0v) is 14.7. The molecule has 0 aromatic heterocycles. The number of ether oxygens (including phenoxy) is 1. The van der Waals surface area contributed by atoms with E-state index in [9.17, 15) is 18.0 Å². The molecule has 1 N–H and O–H groups in total. The molecular formula is C20H21F3N2O2. The molecule has 1 aliphatic rings. The second-order valence-electron chi connectivity index (χ2n) is 6.58. The number of carbonyl (C=O) groups is 1. The quantitative estimate of drug-likeness (QED) is 0.856. The van der Waals surface area contributed by atoms with E-state index in [1.165, 1.54) is 17.7 Å². The minimum Gasteiger partial charge on any atom is -0.406 e. The Balaban J connectivity index is 1.46. The maximum absolute atomic E-state index is 12.3. The zero-order chi connectivity index (χ0) is 19.3. The van der Waals surface area contributed by atoms with E-state index >= 15 is 0 Å². The monoisotopic (exact) mass is 378 g/mol. The molecule has 1 fully saturated rings. The summed E-state index contributed by atoms with van der Waals surface area (Å²) in [5.41, 5.74) is 1.58. The average molecular weight is 378 g/mol. The normalized spacial score (nSPS) is 16.1. The third-order valence-corrected chi connectivity index (χ3v) is 4.52. The molecule has 3 rings (SSSR count). The van der Waals surface area contributed by atoms with Crippen molar-refractivity contribution >= 4 is 5.91 Å². The van der Waals surface area contributed by atoms with Gasteiger partial charge in [-0.2, -0.15) is 0 Å². The SMILES string of the molecule is O=C(NC1CCN(Cc2ccccc2)CC1)c1ccc(OC(F)(F)F)cc1. The minimum atomic E-state index is -4.74. The lowest BCUT2D eigenvalue weighted by atomic mass is 10.0. The standard InChI is InChI=1S/C20H21F3N2O2/c21-20(22,23)27-18-8-6-16(7-9-18)19(26)24-17-10-12-25(13-11-17)14-15-4-2-1-3-5-15/h1-9,17H,10-14H2,(H,24,26). The highest BCUT2D eigenvalue weighted by Crippen LogP contribution is 2.23. The van der Waals surface area contributed by atoms with Crippen LogP contribution in [0.2, 0.25) is 0 Å². The second-order valence-corrected chi connectivity index (χ2v) is 6.58. The van der Waals surface area contributed by atoms with E-state index in [-0.39, 0.29) is 17.7 Å². The molecule has 2 aromatic rings. The van der Waals surface area contributed by atoms with Crippen LogP contribution in [0.15, 0.2) is 54.6 Å². The van der Waals surface area contributed by atoms with Crippen LogP contribution in [0, 0.1) is 0 Å². The number of likely N-dealkylation sites (tertiary alicyclic amines) is 1. The van der Waals surface area contributed by atoms with Gasteiger partial charge in [-0.15, -0.1) is 13.2 Å². The molecule has 0 bridgehead atoms. The minimum absolute atomic E-state index is 0.0654. The number of benzene rings is 2. The summed E-state index contributed by atoms with van der Waals surface area (Å²) in [6.07, 6.45) is -3.06. The molecule has 1 heterocycles. The molecule has 2 aromatic carbocycles. The van der Waals surface area contributed by atoms with Crippen molar-refractivity contribution in [1.82, 2.24) is 10.2 Å². The van der Waals surface area contributed by atoms with E-state index in [2.05, 4.69) is 27.1 Å². The first-order valence-electron chi connectivity index (χ1n) is 8.82. The van der Waals surface area contributed by atoms with E-state index in [0.717, 1.165) is 44.6 Å². The molecule has 1 aliphatic heterocycles. The third kappa shape index (κ3) is 5.99. The van der Waals surface area contributed by atoms with Gasteiger partial charge in [-0.25, -0.2) is 0 Å². The molecule has 0 radical (unpaired) electrons. The van der Waals surface area contributed by atoms with Crippen LogP contribution in [0.5, 0.6) is 5.75 Å². The first kappa shape index (κ1) is 19.2. The van der Waals surface area contributed by atoms with Gasteiger partial charge < -0.3 is 10.1 Å². The van der Waals surface area contributed by atoms with Crippen molar-refractivity contribution in [1.29, 1.82) is 0 Å². The summed E-state index contributed by atoms with van der Waals surface area (Å²) in [6.45, 7) is 2.67. The zero-order valence-electron chi connectivity index (χ0n) is 14.7. The topological polar surface area (TPSA) is 41.6 Å². The molecule has 0 aliphatic carbocycles. The first-order valence-corrected chi connectivity index (χ1v) is 8.82. The highest BCUT2D eigenvalue weighted by molar-refractivity contribution is 5.94. The highest BCUT2D eigenvalue weighted by Gasteiger charge is 2.31. The van der Waals surface area contributed by atoms with Gasteiger partial charge in [0.15, 0.2) is 0 Å². The van der Waals surface area contributed by atoms with Crippen molar-refractivity contribution in [3.8, 4) is 5.75 Å². The van der Waals surface area contributed by atoms with Gasteiger partial charge in [0, 0.05) is 31.2 Å². The molecule has 0 spiro atoms. The van der Waals surface area contributed by atoms with Crippen LogP contribution >= 0.6 is 0 Å². The summed E-state index contributed by atoms with van der Waals surface area (Å²) in [5.74, 6) is -0.622. The van der Waals surface area contributed by atoms with Crippen LogP contribution in [0.4, 0.5) is 13.2 Å². The van der Waals surface area contributed by atoms with E-state index in [0.29, 0.717) is 5.56 Å². The van der Waals surface area contributed by atoms with Crippen molar-refractivity contribution in [3.05, 3.63) is 65.7 Å². The van der Waals surface area contributed by atoms with Gasteiger partial charge in [-0.1, -0.05) is 30.3 Å². The maximum Gasteiger partial charge on any atom is 0.573 e. The predicted molar refractivity (Wildman–Crippen MR) is 95.3 cm³/mol. The molecule has 4 nitrogen and oxygen atoms in total. The summed E-state index contributed by atoms with van der Waals surface area (Å²) in [4.78, 5) is 14.6. The van der Waals surface area contributed by atoms with Crippen LogP contribution in [0.3, 0.4) is 0 Å². The fourth-order valence-corrected chi connectivity index (χ4v) is 3.15. The third-order valence-electron chi connectivity index (χ3n) is 4.52. The Kier molecular flexibility index (Phi) is 6.01. The Hall–Kier alpha value is -2.54. The highest BCUT2D eigenvalue weighted by atomic mass is 19.4. The van der Waals surface area contributed by atoms with Crippen molar-refractivity contribution in [2.75, 3.05) is 13.1 Å². The average Bonchev–Trinajstić information content (AvgIpc) is 2.63. The van der Waals surface area contributed by atoms with Crippen LogP contribution in [-0.4, -0.2) is 36.3 Å². The summed E-state index contributed by atoms with van der Waals surface area (Å²) >= 11 is 0. The van der Waals surface area contributed by atoms with Crippen LogP contribution in [0.1, 0.15) is 28.8 Å². The first-order chi connectivity index (χ1) is 12.9. The van der Waals surface area contributed by atoms with Gasteiger partial charge in [0.1, 0.15) is 5.75 Å². The number of hydrogen-bond donors (Lipinski definition) is 1. The van der Waals surface area contributed by atoms with Crippen LogP contribution in [-0.2, 0) is 6.54 Å². The van der Waals surface area contributed by atoms with Crippen molar-refractivity contribution in [2.45, 2.75) is 31.8 Å². The fraction of sp³-hybridized carbons (Fsp3) is 0.350. The van der Waals surface area contributed by atoms with Crippen molar-refractivity contribution in [2.24, 2.45) is 0 Å². The van der Waals surface area contributed by atoms with E-state index in [1.54, 1.807) is 0 Å². The van der Waals surface area contributed by atoms with Crippen LogP contribution < -0.4 is 10.1 Å². The molecule has 0 atom stereocenters. The Morgan fingerprint density at radius 2 is 1.67 bits per heavy atom. The number of hydrogen-bond acceptors (Lipinski definition) is 3. The molecule has 27 heavy (non-hydrogen) atoms. The number of nitrogens with one attached hydrogen (secondary N) is 1. The number of carbonyl (C=O) groups excluding carboxylic acids is 1. The lowest BCUT2D eigenvalue weighted by Crippen LogP contribution is -2.44. The van der Waals surface area contributed by atoms with Gasteiger partial charge >= 0.3 is 6.36 Å². The number of nitrogens with zero attached hydrogens (tertiary/aromatic N) is 1. The maximum atomic E-state index is 12.3. The largest absolute Gasteiger partial charge is 0.573 e. The summed E-state index contributed by atoms with van der Waals surface area (Å²) in [5, 5.41) is 2.96. The number of amides is 1. The Morgan fingerprint density at radius 3 is 2.26 bits per heavy atom. The summed E-state index contributed by atoms with van der Waals surface area (Å²) in [6, 6.07) is 15.3. The van der Waals surface area contributed by atoms with Gasteiger partial charge in [0.25, 0.3) is 5.91 Å². The molecule has 0 unspecified atom stereocenters. The van der Waals surface area contributed by atoms with E-state index in [1.807, 2.05) is 18.2 Å². The Bertz CT molecular complexity index is 740. The Morgan fingerprint density at radius 1 is 1.04 bits per heavy atom. The van der Waals surface area contributed by atoms with Crippen molar-refractivity contribution in [3.63, 3.8) is 0 Å². The number of alkyl halides is 3. The van der Waals surface area contributed by atoms with Crippen LogP contribution in [0.25, 0.3) is 0 Å². The fourth-order valence-electron chi connectivity index (χ4n) is 3.15. The predicted octanol–water partition coefficient (Wildman–Crippen LogP) is 3.98. The smallest absolute Gasteiger partial charge is 0.406 e. The van der Waals surface area contributed by atoms with Gasteiger partial charge in [0.2, 0.25) is 0 Å². The number of rotatable bonds is 5. The van der Waals surface area contributed by atoms with E-state index in [4.69, 9.17) is 0 Å². The molecule has 144 valence electrons. The molecule has 0 saturated carbocycles. The second kappa shape index (κ2) is 8.43. The number of piperidine rings is 1. The molecular weight excluding hydrogens is 357 g/mol. The summed E-state index contributed by atoms with van der Waals surface area (Å²) in [7, 11) is 0. The number of halogens is 3. The lowest BCUT2D eigenvalue weighted by molar-refractivity contribution is -0.274. The van der Waals surface area contributed by atoms with Gasteiger partial charge in [-0.05, 0) is 42.7 Å². The van der Waals surface area contributed by atoms with E-state index < -0.39 is 6.36 Å². The lowest BCUT2D eigenvalue weighted by Gasteiger charge is -2.32. The van der Waals surface area contributed by atoms with Gasteiger partial charge in [0.05, 0.1) is 0 Å². The molecule has 1 amide bonds. The molecule has 1 saturated heterocycles. The van der Waals surface area contributed by atoms with Crippen molar-refractivity contribution < 1.29 is 22.7 Å². The molecule has 7 heteroatoms. The Labute approximate surface area is 155 Å².